The van der Waals surface area contributed by atoms with Crippen molar-refractivity contribution in [3.05, 3.63) is 59.2 Å². The topological polar surface area (TPSA) is 50.8 Å². The second kappa shape index (κ2) is 8.91. The molecule has 0 bridgehead atoms. The Labute approximate surface area is 161 Å². The number of methoxy groups -OCH3 is 1. The molecule has 1 saturated heterocycles. The second-order valence-electron chi connectivity index (χ2n) is 7.09. The number of hydrogen-bond acceptors (Lipinski definition) is 3. The van der Waals surface area contributed by atoms with E-state index < -0.39 is 0 Å². The maximum absolute atomic E-state index is 12.6. The van der Waals surface area contributed by atoms with Gasteiger partial charge in [0.2, 0.25) is 0 Å². The molecule has 0 aromatic heterocycles. The summed E-state index contributed by atoms with van der Waals surface area (Å²) in [5, 5.41) is 2.98. The molecule has 2 aromatic carbocycles. The molecule has 0 saturated carbocycles. The van der Waals surface area contributed by atoms with Gasteiger partial charge in [0.05, 0.1) is 6.61 Å². The molecule has 144 valence electrons. The largest absolute Gasteiger partial charge is 0.490 e. The fourth-order valence-electron chi connectivity index (χ4n) is 3.44. The zero-order chi connectivity index (χ0) is 19.2. The quantitative estimate of drug-likeness (QED) is 0.844. The monoisotopic (exact) mass is 368 g/mol. The standard InChI is InChI=1S/C22H28N2O3/c1-16-6-4-7-17(2)21(16)27-20-10-12-24(13-11-20)22(25)23-19-9-5-8-18(14-19)15-26-3/h4-9,14,20H,10-13,15H2,1-3H3,(H,23,25). The van der Waals surface area contributed by atoms with Gasteiger partial charge >= 0.3 is 6.03 Å². The van der Waals surface area contributed by atoms with E-state index in [0.717, 1.165) is 41.0 Å². The highest BCUT2D eigenvalue weighted by Gasteiger charge is 2.24. The minimum atomic E-state index is -0.0601. The summed E-state index contributed by atoms with van der Waals surface area (Å²) in [5.41, 5.74) is 4.15. The summed E-state index contributed by atoms with van der Waals surface area (Å²) >= 11 is 0. The maximum Gasteiger partial charge on any atom is 0.321 e. The highest BCUT2D eigenvalue weighted by atomic mass is 16.5. The van der Waals surface area contributed by atoms with Crippen molar-refractivity contribution in [2.75, 3.05) is 25.5 Å². The zero-order valence-electron chi connectivity index (χ0n) is 16.3. The molecule has 0 atom stereocenters. The van der Waals surface area contributed by atoms with Crippen molar-refractivity contribution in [2.24, 2.45) is 0 Å². The molecule has 1 heterocycles. The van der Waals surface area contributed by atoms with E-state index in [1.165, 1.54) is 0 Å². The molecule has 3 rings (SSSR count). The Kier molecular flexibility index (Phi) is 6.35. The molecule has 2 amide bonds. The first kappa shape index (κ1) is 19.2. The summed E-state index contributed by atoms with van der Waals surface area (Å²) in [7, 11) is 1.66. The highest BCUT2D eigenvalue weighted by molar-refractivity contribution is 5.89. The third kappa shape index (κ3) is 5.01. The van der Waals surface area contributed by atoms with Gasteiger partial charge in [0.1, 0.15) is 11.9 Å². The molecular formula is C22H28N2O3. The van der Waals surface area contributed by atoms with Gasteiger partial charge in [-0.1, -0.05) is 30.3 Å². The lowest BCUT2D eigenvalue weighted by molar-refractivity contribution is 0.114. The van der Waals surface area contributed by atoms with Gasteiger partial charge in [-0.25, -0.2) is 4.79 Å². The summed E-state index contributed by atoms with van der Waals surface area (Å²) in [5.74, 6) is 0.982. The van der Waals surface area contributed by atoms with Crippen LogP contribution in [0, 0.1) is 13.8 Å². The smallest absolute Gasteiger partial charge is 0.321 e. The van der Waals surface area contributed by atoms with E-state index in [9.17, 15) is 4.79 Å². The van der Waals surface area contributed by atoms with Crippen LogP contribution in [0.4, 0.5) is 10.5 Å². The van der Waals surface area contributed by atoms with E-state index in [-0.39, 0.29) is 12.1 Å². The van der Waals surface area contributed by atoms with E-state index >= 15 is 0 Å². The Hall–Kier alpha value is -2.53. The Bertz CT molecular complexity index is 763. The number of anilines is 1. The lowest BCUT2D eigenvalue weighted by atomic mass is 10.1. The number of piperidine rings is 1. The molecule has 27 heavy (non-hydrogen) atoms. The summed E-state index contributed by atoms with van der Waals surface area (Å²) in [6.07, 6.45) is 1.83. The van der Waals surface area contributed by atoms with Crippen LogP contribution in [0.15, 0.2) is 42.5 Å². The number of nitrogens with one attached hydrogen (secondary N) is 1. The number of benzene rings is 2. The van der Waals surface area contributed by atoms with E-state index in [1.807, 2.05) is 35.2 Å². The third-order valence-electron chi connectivity index (χ3n) is 4.91. The average molecular weight is 368 g/mol. The Morgan fingerprint density at radius 1 is 1.11 bits per heavy atom. The first-order chi connectivity index (χ1) is 13.1. The molecule has 0 aliphatic carbocycles. The third-order valence-corrected chi connectivity index (χ3v) is 4.91. The maximum atomic E-state index is 12.6. The zero-order valence-corrected chi connectivity index (χ0v) is 16.3. The number of amides is 2. The number of carbonyl (C=O) groups excluding carboxylic acids is 1. The molecule has 0 unspecified atom stereocenters. The molecule has 5 nitrogen and oxygen atoms in total. The van der Waals surface area contributed by atoms with Crippen LogP contribution >= 0.6 is 0 Å². The number of ether oxygens (including phenoxy) is 2. The number of aryl methyl sites for hydroxylation is 2. The van der Waals surface area contributed by atoms with Crippen molar-refractivity contribution >= 4 is 11.7 Å². The van der Waals surface area contributed by atoms with Gasteiger partial charge < -0.3 is 19.7 Å². The molecule has 1 aliphatic heterocycles. The summed E-state index contributed by atoms with van der Waals surface area (Å²) in [4.78, 5) is 14.4. The molecule has 0 radical (unpaired) electrons. The second-order valence-corrected chi connectivity index (χ2v) is 7.09. The van der Waals surface area contributed by atoms with E-state index in [0.29, 0.717) is 19.7 Å². The minimum absolute atomic E-state index is 0.0601. The molecule has 1 aliphatic rings. The molecule has 2 aromatic rings. The summed E-state index contributed by atoms with van der Waals surface area (Å²) in [6.45, 7) is 6.06. The Balaban J connectivity index is 1.53. The van der Waals surface area contributed by atoms with E-state index in [4.69, 9.17) is 9.47 Å². The van der Waals surface area contributed by atoms with Crippen LogP contribution in [0.25, 0.3) is 0 Å². The van der Waals surface area contributed by atoms with Crippen molar-refractivity contribution in [2.45, 2.75) is 39.4 Å². The van der Waals surface area contributed by atoms with Crippen LogP contribution in [0.1, 0.15) is 29.5 Å². The fourth-order valence-corrected chi connectivity index (χ4v) is 3.44. The van der Waals surface area contributed by atoms with E-state index in [2.05, 4.69) is 31.3 Å². The number of rotatable bonds is 5. The van der Waals surface area contributed by atoms with Gasteiger partial charge in [-0.05, 0) is 42.7 Å². The fraction of sp³-hybridized carbons (Fsp3) is 0.409. The number of nitrogens with zero attached hydrogens (tertiary/aromatic N) is 1. The number of likely N-dealkylation sites (tertiary alicyclic amines) is 1. The van der Waals surface area contributed by atoms with Crippen molar-refractivity contribution in [3.8, 4) is 5.75 Å². The summed E-state index contributed by atoms with van der Waals surface area (Å²) < 4.78 is 11.4. The predicted octanol–water partition coefficient (Wildman–Crippen LogP) is 4.53. The molecule has 1 N–H and O–H groups in total. The van der Waals surface area contributed by atoms with Crippen LogP contribution in [0.2, 0.25) is 0 Å². The van der Waals surface area contributed by atoms with Gasteiger partial charge in [0.25, 0.3) is 0 Å². The predicted molar refractivity (Wildman–Crippen MR) is 107 cm³/mol. The van der Waals surface area contributed by atoms with Crippen molar-refractivity contribution in [3.63, 3.8) is 0 Å². The average Bonchev–Trinajstić information content (AvgIpc) is 2.66. The molecular weight excluding hydrogens is 340 g/mol. The van der Waals surface area contributed by atoms with Gasteiger partial charge in [-0.2, -0.15) is 0 Å². The highest BCUT2D eigenvalue weighted by Crippen LogP contribution is 2.26. The van der Waals surface area contributed by atoms with Gasteiger partial charge in [0, 0.05) is 38.7 Å². The Morgan fingerprint density at radius 3 is 2.44 bits per heavy atom. The van der Waals surface area contributed by atoms with Crippen molar-refractivity contribution in [1.29, 1.82) is 0 Å². The van der Waals surface area contributed by atoms with Crippen molar-refractivity contribution in [1.82, 2.24) is 4.90 Å². The molecule has 1 fully saturated rings. The number of carbonyl (C=O) groups is 1. The molecule has 0 spiro atoms. The minimum Gasteiger partial charge on any atom is -0.490 e. The van der Waals surface area contributed by atoms with Crippen molar-refractivity contribution < 1.29 is 14.3 Å². The van der Waals surface area contributed by atoms with Gasteiger partial charge in [0.15, 0.2) is 0 Å². The van der Waals surface area contributed by atoms with Gasteiger partial charge in [-0.15, -0.1) is 0 Å². The number of para-hydroxylation sites is 1. The van der Waals surface area contributed by atoms with E-state index in [1.54, 1.807) is 7.11 Å². The Morgan fingerprint density at radius 2 is 1.78 bits per heavy atom. The van der Waals surface area contributed by atoms with Crippen LogP contribution in [0.5, 0.6) is 5.75 Å². The van der Waals surface area contributed by atoms with Crippen LogP contribution < -0.4 is 10.1 Å². The first-order valence-electron chi connectivity index (χ1n) is 9.43. The van der Waals surface area contributed by atoms with Crippen LogP contribution in [-0.2, 0) is 11.3 Å². The number of hydrogen-bond donors (Lipinski definition) is 1. The SMILES string of the molecule is COCc1cccc(NC(=O)N2CCC(Oc3c(C)cccc3C)CC2)c1. The lowest BCUT2D eigenvalue weighted by Crippen LogP contribution is -2.43. The van der Waals surface area contributed by atoms with Gasteiger partial charge in [-0.3, -0.25) is 0 Å². The lowest BCUT2D eigenvalue weighted by Gasteiger charge is -2.32. The van der Waals surface area contributed by atoms with Crippen LogP contribution in [-0.4, -0.2) is 37.2 Å². The number of urea groups is 1. The summed E-state index contributed by atoms with van der Waals surface area (Å²) in [6, 6.07) is 13.9. The molecule has 5 heteroatoms. The normalized spacial score (nSPS) is 14.9. The van der Waals surface area contributed by atoms with Crippen LogP contribution in [0.3, 0.4) is 0 Å². The first-order valence-corrected chi connectivity index (χ1v) is 9.43.